The van der Waals surface area contributed by atoms with Gasteiger partial charge in [-0.1, -0.05) is 18.2 Å². The van der Waals surface area contributed by atoms with E-state index < -0.39 is 0 Å². The number of nitrogens with zero attached hydrogens (tertiary/aromatic N) is 1. The Labute approximate surface area is 167 Å². The minimum atomic E-state index is -0.142. The molecule has 0 radical (unpaired) electrons. The van der Waals surface area contributed by atoms with Crippen LogP contribution in [0.5, 0.6) is 11.5 Å². The first-order chi connectivity index (χ1) is 14.2. The van der Waals surface area contributed by atoms with Crippen molar-refractivity contribution in [1.82, 2.24) is 9.97 Å². The highest BCUT2D eigenvalue weighted by atomic mass is 16.5. The smallest absolute Gasteiger partial charge is 0.299 e. The van der Waals surface area contributed by atoms with Crippen LogP contribution in [0.4, 0.5) is 11.7 Å². The van der Waals surface area contributed by atoms with Gasteiger partial charge in [0.25, 0.3) is 11.6 Å². The van der Waals surface area contributed by atoms with E-state index in [0.717, 1.165) is 16.8 Å². The summed E-state index contributed by atoms with van der Waals surface area (Å²) in [6.07, 6.45) is 3.24. The summed E-state index contributed by atoms with van der Waals surface area (Å²) >= 11 is 0. The lowest BCUT2D eigenvalue weighted by atomic mass is 10.0. The summed E-state index contributed by atoms with van der Waals surface area (Å²) in [5, 5.41) is 3.11. The molecule has 0 spiro atoms. The van der Waals surface area contributed by atoms with E-state index in [1.54, 1.807) is 44.8 Å². The molecular formula is C22H19N3O4. The van der Waals surface area contributed by atoms with Gasteiger partial charge in [-0.2, -0.15) is 0 Å². The second kappa shape index (κ2) is 7.93. The molecule has 0 fully saturated rings. The van der Waals surface area contributed by atoms with E-state index in [-0.39, 0.29) is 5.56 Å². The van der Waals surface area contributed by atoms with E-state index in [2.05, 4.69) is 15.3 Å². The Morgan fingerprint density at radius 1 is 0.966 bits per heavy atom. The third kappa shape index (κ3) is 3.98. The van der Waals surface area contributed by atoms with Gasteiger partial charge >= 0.3 is 0 Å². The van der Waals surface area contributed by atoms with Crippen LogP contribution in [0.25, 0.3) is 22.5 Å². The van der Waals surface area contributed by atoms with Gasteiger partial charge in [0.1, 0.15) is 11.5 Å². The molecule has 0 atom stereocenters. The number of nitrogens with one attached hydrogen (secondary N) is 2. The molecule has 4 rings (SSSR count). The molecule has 4 aromatic rings. The topological polar surface area (TPSA) is 89.4 Å². The van der Waals surface area contributed by atoms with Gasteiger partial charge in [0.05, 0.1) is 20.4 Å². The normalized spacial score (nSPS) is 10.6. The Balaban J connectivity index is 1.61. The van der Waals surface area contributed by atoms with Crippen LogP contribution in [0.15, 0.2) is 76.2 Å². The standard InChI is InChI=1S/C22H19N3O4/c1-27-17-10-16(11-18(12-17)28-2)25-22-24-13-20(29-22)15-6-3-5-14(9-15)19-7-4-8-23-21(19)26/h3-13H,1-2H3,(H,23,26)(H,24,25). The molecular weight excluding hydrogens is 370 g/mol. The van der Waals surface area contributed by atoms with Crippen molar-refractivity contribution < 1.29 is 13.9 Å². The molecule has 2 aromatic heterocycles. The lowest BCUT2D eigenvalue weighted by Crippen LogP contribution is -2.06. The van der Waals surface area contributed by atoms with Crippen LogP contribution in [0, 0.1) is 0 Å². The van der Waals surface area contributed by atoms with Gasteiger partial charge in [-0.15, -0.1) is 0 Å². The Hall–Kier alpha value is -4.00. The van der Waals surface area contributed by atoms with Crippen LogP contribution in [-0.2, 0) is 0 Å². The Morgan fingerprint density at radius 2 is 1.72 bits per heavy atom. The molecule has 7 nitrogen and oxygen atoms in total. The van der Waals surface area contributed by atoms with Crippen LogP contribution in [0.2, 0.25) is 0 Å². The average molecular weight is 389 g/mol. The molecule has 0 amide bonds. The average Bonchev–Trinajstić information content (AvgIpc) is 3.22. The zero-order valence-electron chi connectivity index (χ0n) is 15.9. The number of methoxy groups -OCH3 is 2. The number of hydrogen-bond acceptors (Lipinski definition) is 6. The number of H-pyrrole nitrogens is 1. The lowest BCUT2D eigenvalue weighted by Gasteiger charge is -2.08. The second-order valence-corrected chi connectivity index (χ2v) is 6.25. The van der Waals surface area contributed by atoms with E-state index in [0.29, 0.717) is 28.8 Å². The van der Waals surface area contributed by atoms with E-state index in [1.807, 2.05) is 36.4 Å². The minimum absolute atomic E-state index is 0.142. The number of anilines is 2. The fourth-order valence-electron chi connectivity index (χ4n) is 2.96. The molecule has 0 saturated carbocycles. The maximum atomic E-state index is 12.1. The highest BCUT2D eigenvalue weighted by Crippen LogP contribution is 2.30. The van der Waals surface area contributed by atoms with Crippen LogP contribution < -0.4 is 20.3 Å². The molecule has 0 bridgehead atoms. The molecule has 0 unspecified atom stereocenters. The van der Waals surface area contributed by atoms with Gasteiger partial charge in [0.15, 0.2) is 5.76 Å². The van der Waals surface area contributed by atoms with Crippen LogP contribution >= 0.6 is 0 Å². The number of rotatable bonds is 6. The van der Waals surface area contributed by atoms with E-state index in [1.165, 1.54) is 0 Å². The minimum Gasteiger partial charge on any atom is -0.497 e. The molecule has 29 heavy (non-hydrogen) atoms. The molecule has 0 aliphatic heterocycles. The Kier molecular flexibility index (Phi) is 5.03. The zero-order chi connectivity index (χ0) is 20.2. The molecule has 7 heteroatoms. The first kappa shape index (κ1) is 18.4. The number of oxazole rings is 1. The molecule has 2 N–H and O–H groups in total. The summed E-state index contributed by atoms with van der Waals surface area (Å²) in [6.45, 7) is 0. The van der Waals surface area contributed by atoms with Crippen molar-refractivity contribution in [2.24, 2.45) is 0 Å². The zero-order valence-corrected chi connectivity index (χ0v) is 15.9. The largest absolute Gasteiger partial charge is 0.497 e. The van der Waals surface area contributed by atoms with Gasteiger partial charge < -0.3 is 24.2 Å². The van der Waals surface area contributed by atoms with Crippen molar-refractivity contribution in [3.63, 3.8) is 0 Å². The molecule has 2 heterocycles. The van der Waals surface area contributed by atoms with Crippen molar-refractivity contribution >= 4 is 11.7 Å². The van der Waals surface area contributed by atoms with Gasteiger partial charge in [0.2, 0.25) is 0 Å². The van der Waals surface area contributed by atoms with E-state index >= 15 is 0 Å². The summed E-state index contributed by atoms with van der Waals surface area (Å²) in [4.78, 5) is 19.0. The van der Waals surface area contributed by atoms with Crippen molar-refractivity contribution in [2.75, 3.05) is 19.5 Å². The highest BCUT2D eigenvalue weighted by Gasteiger charge is 2.10. The third-order valence-corrected chi connectivity index (χ3v) is 4.38. The lowest BCUT2D eigenvalue weighted by molar-refractivity contribution is 0.394. The van der Waals surface area contributed by atoms with Crippen molar-refractivity contribution in [2.45, 2.75) is 0 Å². The van der Waals surface area contributed by atoms with Gasteiger partial charge in [-0.3, -0.25) is 4.79 Å². The predicted octanol–water partition coefficient (Wildman–Crippen LogP) is 4.46. The number of pyridine rings is 1. The van der Waals surface area contributed by atoms with Crippen molar-refractivity contribution in [3.05, 3.63) is 77.3 Å². The van der Waals surface area contributed by atoms with Gasteiger partial charge in [0, 0.05) is 41.2 Å². The summed E-state index contributed by atoms with van der Waals surface area (Å²) in [6, 6.07) is 16.9. The fourth-order valence-corrected chi connectivity index (χ4v) is 2.96. The maximum absolute atomic E-state index is 12.1. The quantitative estimate of drug-likeness (QED) is 0.506. The first-order valence-electron chi connectivity index (χ1n) is 8.91. The number of aromatic amines is 1. The fraction of sp³-hybridized carbons (Fsp3) is 0.0909. The summed E-state index contributed by atoms with van der Waals surface area (Å²) in [5.74, 6) is 1.88. The number of ether oxygens (including phenoxy) is 2. The van der Waals surface area contributed by atoms with E-state index in [9.17, 15) is 4.79 Å². The molecule has 146 valence electrons. The van der Waals surface area contributed by atoms with Crippen LogP contribution in [0.1, 0.15) is 0 Å². The summed E-state index contributed by atoms with van der Waals surface area (Å²) in [7, 11) is 3.18. The van der Waals surface area contributed by atoms with Gasteiger partial charge in [-0.25, -0.2) is 4.98 Å². The Morgan fingerprint density at radius 3 is 2.45 bits per heavy atom. The summed E-state index contributed by atoms with van der Waals surface area (Å²) < 4.78 is 16.4. The van der Waals surface area contributed by atoms with Crippen LogP contribution in [-0.4, -0.2) is 24.2 Å². The molecule has 2 aromatic carbocycles. The number of benzene rings is 2. The SMILES string of the molecule is COc1cc(Nc2ncc(-c3cccc(-c4ccc[nH]c4=O)c3)o2)cc(OC)c1. The summed E-state index contributed by atoms with van der Waals surface area (Å²) in [5.41, 5.74) is 2.79. The first-order valence-corrected chi connectivity index (χ1v) is 8.91. The van der Waals surface area contributed by atoms with Gasteiger partial charge in [-0.05, 0) is 23.8 Å². The van der Waals surface area contributed by atoms with Crippen LogP contribution in [0.3, 0.4) is 0 Å². The second-order valence-electron chi connectivity index (χ2n) is 6.25. The van der Waals surface area contributed by atoms with E-state index in [4.69, 9.17) is 13.9 Å². The maximum Gasteiger partial charge on any atom is 0.299 e. The third-order valence-electron chi connectivity index (χ3n) is 4.38. The number of hydrogen-bond donors (Lipinski definition) is 2. The molecule has 0 saturated heterocycles. The molecule has 0 aliphatic rings. The van der Waals surface area contributed by atoms with Crippen molar-refractivity contribution in [3.8, 4) is 33.9 Å². The van der Waals surface area contributed by atoms with Crippen molar-refractivity contribution in [1.29, 1.82) is 0 Å². The Bertz CT molecular complexity index is 1170. The highest BCUT2D eigenvalue weighted by molar-refractivity contribution is 5.70. The monoisotopic (exact) mass is 389 g/mol. The molecule has 0 aliphatic carbocycles. The predicted molar refractivity (Wildman–Crippen MR) is 111 cm³/mol. The number of aromatic nitrogens is 2.